The van der Waals surface area contributed by atoms with E-state index in [1.807, 2.05) is 6.07 Å². The Morgan fingerprint density at radius 1 is 1.27 bits per heavy atom. The van der Waals surface area contributed by atoms with Gasteiger partial charge in [0.05, 0.1) is 0 Å². The molecule has 0 aromatic carbocycles. The van der Waals surface area contributed by atoms with Crippen LogP contribution < -0.4 is 16.6 Å². The smallest absolute Gasteiger partial charge is 0.270 e. The number of aryl methyl sites for hydroxylation is 2. The topological polar surface area (TPSA) is 148 Å². The van der Waals surface area contributed by atoms with Crippen molar-refractivity contribution in [3.05, 3.63) is 44.0 Å². The minimum atomic E-state index is -0.366. The molecule has 0 unspecified atom stereocenters. The summed E-state index contributed by atoms with van der Waals surface area (Å²) in [6.45, 7) is 3.31. The fourth-order valence-electron chi connectivity index (χ4n) is 1.44. The molecule has 116 valence electrons. The van der Waals surface area contributed by atoms with Crippen LogP contribution in [0.5, 0.6) is 0 Å². The Hall–Kier alpha value is -2.64. The van der Waals surface area contributed by atoms with Gasteiger partial charge in [0.25, 0.3) is 11.1 Å². The Kier molecular flexibility index (Phi) is 6.30. The van der Waals surface area contributed by atoms with Crippen LogP contribution in [-0.2, 0) is 0 Å². The molecule has 0 amide bonds. The maximum atomic E-state index is 11.1. The zero-order valence-corrected chi connectivity index (χ0v) is 12.9. The van der Waals surface area contributed by atoms with Crippen LogP contribution in [0.15, 0.2) is 20.7 Å². The number of nitrogens with zero attached hydrogens (tertiary/aromatic N) is 3. The molecule has 10 heteroatoms. The van der Waals surface area contributed by atoms with Crippen molar-refractivity contribution in [3.8, 4) is 6.07 Å². The number of rotatable bonds is 2. The van der Waals surface area contributed by atoms with Crippen LogP contribution in [0.2, 0.25) is 0 Å². The minimum Gasteiger partial charge on any atom is -0.311 e. The van der Waals surface area contributed by atoms with Gasteiger partial charge >= 0.3 is 0 Å². The van der Waals surface area contributed by atoms with E-state index in [1.165, 1.54) is 11.8 Å². The first kappa shape index (κ1) is 17.4. The first-order valence-corrected chi connectivity index (χ1v) is 7.16. The molecule has 0 spiro atoms. The molecule has 0 aliphatic heterocycles. The monoisotopic (exact) mass is 322 g/mol. The number of hydrogen-bond acceptors (Lipinski definition) is 8. The molecule has 4 N–H and O–H groups in total. The SMILES string of the molecule is CSc1nc(C)[nH]c(=O)c1C#N.Cc1nc(NO)cc(=O)[nH]1. The largest absolute Gasteiger partial charge is 0.311 e. The van der Waals surface area contributed by atoms with E-state index in [4.69, 9.17) is 10.5 Å². The highest BCUT2D eigenvalue weighted by Crippen LogP contribution is 2.12. The lowest BCUT2D eigenvalue weighted by atomic mass is 10.4. The Balaban J connectivity index is 0.000000224. The molecule has 0 fully saturated rings. The standard InChI is InChI=1S/C7H7N3OS.C5H7N3O2/c1-4-9-6(11)5(3-8)7(10-4)12-2;1-3-6-4(8-10)2-5(9)7-3/h1-2H3,(H,9,10,11);2,10H,1H3,(H2,6,7,8,9). The van der Waals surface area contributed by atoms with Crippen LogP contribution in [0.25, 0.3) is 0 Å². The second kappa shape index (κ2) is 7.96. The highest BCUT2D eigenvalue weighted by molar-refractivity contribution is 7.98. The fourth-order valence-corrected chi connectivity index (χ4v) is 2.01. The van der Waals surface area contributed by atoms with E-state index < -0.39 is 0 Å². The van der Waals surface area contributed by atoms with Crippen LogP contribution in [-0.4, -0.2) is 31.4 Å². The van der Waals surface area contributed by atoms with E-state index >= 15 is 0 Å². The number of hydrogen-bond donors (Lipinski definition) is 4. The van der Waals surface area contributed by atoms with Crippen molar-refractivity contribution < 1.29 is 5.21 Å². The Morgan fingerprint density at radius 2 is 1.91 bits per heavy atom. The van der Waals surface area contributed by atoms with Gasteiger partial charge < -0.3 is 9.97 Å². The summed E-state index contributed by atoms with van der Waals surface area (Å²) >= 11 is 1.29. The molecule has 0 atom stereocenters. The summed E-state index contributed by atoms with van der Waals surface area (Å²) in [5.74, 6) is 1.15. The first-order valence-electron chi connectivity index (χ1n) is 5.94. The van der Waals surface area contributed by atoms with Crippen molar-refractivity contribution in [2.24, 2.45) is 0 Å². The van der Waals surface area contributed by atoms with Gasteiger partial charge in [0.1, 0.15) is 28.3 Å². The van der Waals surface area contributed by atoms with Crippen LogP contribution in [0, 0.1) is 25.2 Å². The van der Waals surface area contributed by atoms with Crippen molar-refractivity contribution in [2.45, 2.75) is 18.9 Å². The molecular weight excluding hydrogens is 308 g/mol. The summed E-state index contributed by atoms with van der Waals surface area (Å²) in [7, 11) is 0. The van der Waals surface area contributed by atoms with Gasteiger partial charge in [0.15, 0.2) is 5.82 Å². The molecule has 0 bridgehead atoms. The molecule has 9 nitrogen and oxygen atoms in total. The Labute approximate surface area is 129 Å². The Bertz CT molecular complexity index is 808. The van der Waals surface area contributed by atoms with Crippen LogP contribution >= 0.6 is 11.8 Å². The molecule has 0 aliphatic rings. The van der Waals surface area contributed by atoms with Gasteiger partial charge in [-0.25, -0.2) is 9.97 Å². The zero-order chi connectivity index (χ0) is 16.7. The molecule has 0 saturated heterocycles. The molecule has 2 aromatic rings. The normalized spacial score (nSPS) is 9.41. The summed E-state index contributed by atoms with van der Waals surface area (Å²) < 4.78 is 0. The lowest BCUT2D eigenvalue weighted by Crippen LogP contribution is -2.14. The first-order chi connectivity index (χ1) is 10.4. The number of aromatic amines is 2. The quantitative estimate of drug-likeness (QED) is 0.356. The van der Waals surface area contributed by atoms with Gasteiger partial charge in [-0.05, 0) is 20.1 Å². The average molecular weight is 322 g/mol. The summed E-state index contributed by atoms with van der Waals surface area (Å²) in [5.41, 5.74) is 1.21. The molecule has 22 heavy (non-hydrogen) atoms. The van der Waals surface area contributed by atoms with E-state index in [9.17, 15) is 9.59 Å². The highest BCUT2D eigenvalue weighted by Gasteiger charge is 2.07. The van der Waals surface area contributed by atoms with Crippen LogP contribution in [0.1, 0.15) is 17.2 Å². The number of thioether (sulfide) groups is 1. The number of anilines is 1. The van der Waals surface area contributed by atoms with Gasteiger partial charge in [0.2, 0.25) is 0 Å². The number of H-pyrrole nitrogens is 2. The van der Waals surface area contributed by atoms with E-state index in [1.54, 1.807) is 25.6 Å². The third-order valence-electron chi connectivity index (χ3n) is 2.28. The molecule has 0 saturated carbocycles. The molecular formula is C12H14N6O3S. The van der Waals surface area contributed by atoms with Crippen molar-refractivity contribution >= 4 is 17.6 Å². The fraction of sp³-hybridized carbons (Fsp3) is 0.250. The third-order valence-corrected chi connectivity index (χ3v) is 2.97. The number of nitrogens with one attached hydrogen (secondary N) is 3. The van der Waals surface area contributed by atoms with E-state index in [-0.39, 0.29) is 22.5 Å². The van der Waals surface area contributed by atoms with Crippen molar-refractivity contribution in [1.82, 2.24) is 19.9 Å². The number of aromatic nitrogens is 4. The molecule has 2 rings (SSSR count). The van der Waals surface area contributed by atoms with Crippen molar-refractivity contribution in [3.63, 3.8) is 0 Å². The summed E-state index contributed by atoms with van der Waals surface area (Å²) in [5, 5.41) is 17.4. The lowest BCUT2D eigenvalue weighted by Gasteiger charge is -1.98. The highest BCUT2D eigenvalue weighted by atomic mass is 32.2. The maximum absolute atomic E-state index is 11.1. The van der Waals surface area contributed by atoms with E-state index in [2.05, 4.69) is 19.9 Å². The predicted octanol–water partition coefficient (Wildman–Crippen LogP) is 0.551. The summed E-state index contributed by atoms with van der Waals surface area (Å²) in [6, 6.07) is 2.97. The second-order valence-electron chi connectivity index (χ2n) is 3.98. The minimum absolute atomic E-state index is 0.0908. The van der Waals surface area contributed by atoms with Crippen molar-refractivity contribution in [2.75, 3.05) is 11.7 Å². The summed E-state index contributed by atoms with van der Waals surface area (Å²) in [4.78, 5) is 34.4. The van der Waals surface area contributed by atoms with Gasteiger partial charge in [-0.3, -0.25) is 20.3 Å². The molecule has 2 aromatic heterocycles. The third kappa shape index (κ3) is 4.72. The van der Waals surface area contributed by atoms with E-state index in [0.29, 0.717) is 16.7 Å². The van der Waals surface area contributed by atoms with Gasteiger partial charge in [-0.15, -0.1) is 11.8 Å². The average Bonchev–Trinajstić information content (AvgIpc) is 2.46. The number of nitriles is 1. The molecule has 0 radical (unpaired) electrons. The van der Waals surface area contributed by atoms with Gasteiger partial charge in [-0.1, -0.05) is 0 Å². The Morgan fingerprint density at radius 3 is 2.41 bits per heavy atom. The van der Waals surface area contributed by atoms with Crippen LogP contribution in [0.4, 0.5) is 5.82 Å². The summed E-state index contributed by atoms with van der Waals surface area (Å²) in [6.07, 6.45) is 1.78. The van der Waals surface area contributed by atoms with Gasteiger partial charge in [-0.2, -0.15) is 5.26 Å². The predicted molar refractivity (Wildman–Crippen MR) is 81.1 cm³/mol. The van der Waals surface area contributed by atoms with E-state index in [0.717, 1.165) is 6.07 Å². The lowest BCUT2D eigenvalue weighted by molar-refractivity contribution is 0.385. The van der Waals surface area contributed by atoms with Crippen molar-refractivity contribution in [1.29, 1.82) is 5.26 Å². The van der Waals surface area contributed by atoms with Gasteiger partial charge in [0, 0.05) is 6.07 Å². The molecule has 0 aliphatic carbocycles. The van der Waals surface area contributed by atoms with Crippen LogP contribution in [0.3, 0.4) is 0 Å². The second-order valence-corrected chi connectivity index (χ2v) is 4.77. The zero-order valence-electron chi connectivity index (χ0n) is 12.1. The molecule has 2 heterocycles. The maximum Gasteiger partial charge on any atom is 0.270 e.